The van der Waals surface area contributed by atoms with Crippen LogP contribution in [0.3, 0.4) is 0 Å². The number of piperidine rings is 2. The van der Waals surface area contributed by atoms with E-state index >= 15 is 0 Å². The minimum absolute atomic E-state index is 0.101. The zero-order valence-corrected chi connectivity index (χ0v) is 16.0. The van der Waals surface area contributed by atoms with Gasteiger partial charge in [-0.2, -0.15) is 0 Å². The first-order chi connectivity index (χ1) is 12.7. The molecule has 0 atom stereocenters. The lowest BCUT2D eigenvalue weighted by Gasteiger charge is -2.38. The Kier molecular flexibility index (Phi) is 7.06. The molecular weight excluding hydrogens is 326 g/mol. The maximum atomic E-state index is 12.7. The minimum atomic E-state index is 0.101. The Morgan fingerprint density at radius 2 is 1.92 bits per heavy atom. The van der Waals surface area contributed by atoms with Crippen molar-refractivity contribution in [3.8, 4) is 0 Å². The van der Waals surface area contributed by atoms with Gasteiger partial charge in [0, 0.05) is 31.5 Å². The lowest BCUT2D eigenvalue weighted by Crippen LogP contribution is -2.49. The molecule has 2 aliphatic rings. The number of methoxy groups -OCH3 is 1. The quantitative estimate of drug-likeness (QED) is 0.782. The first-order valence-corrected chi connectivity index (χ1v) is 9.94. The molecule has 0 saturated carbocycles. The van der Waals surface area contributed by atoms with Gasteiger partial charge in [0.2, 0.25) is 5.91 Å². The summed E-state index contributed by atoms with van der Waals surface area (Å²) < 4.78 is 5.45. The number of amides is 1. The Morgan fingerprint density at radius 3 is 2.58 bits per heavy atom. The summed E-state index contributed by atoms with van der Waals surface area (Å²) in [7, 11) is 1.76. The fraction of sp³-hybridized carbons (Fsp3) is 0.667. The van der Waals surface area contributed by atoms with Crippen LogP contribution in [0.4, 0.5) is 0 Å². The van der Waals surface area contributed by atoms with Crippen molar-refractivity contribution in [2.24, 2.45) is 11.3 Å². The Bertz CT molecular complexity index is 544. The third-order valence-electron chi connectivity index (χ3n) is 5.96. The number of hydrogen-bond acceptors (Lipinski definition) is 4. The topological polar surface area (TPSA) is 53.6 Å². The number of nitrogens with zero attached hydrogens (tertiary/aromatic N) is 1. The van der Waals surface area contributed by atoms with Crippen molar-refractivity contribution in [3.05, 3.63) is 35.9 Å². The number of nitrogens with one attached hydrogen (secondary N) is 2. The van der Waals surface area contributed by atoms with Gasteiger partial charge in [-0.3, -0.25) is 9.69 Å². The van der Waals surface area contributed by atoms with Crippen molar-refractivity contribution in [2.45, 2.75) is 32.2 Å². The Labute approximate surface area is 157 Å². The van der Waals surface area contributed by atoms with Crippen LogP contribution in [0.2, 0.25) is 0 Å². The summed E-state index contributed by atoms with van der Waals surface area (Å²) >= 11 is 0. The Balaban J connectivity index is 1.43. The third kappa shape index (κ3) is 5.29. The third-order valence-corrected chi connectivity index (χ3v) is 5.96. The standard InChI is InChI=1S/C21H33N3O2/c1-26-17-21(9-11-22-12-10-21)16-23-20(25)19-7-13-24(14-8-19)15-18-5-3-2-4-6-18/h2-6,19,22H,7-17H2,1H3,(H,23,25). The highest BCUT2D eigenvalue weighted by molar-refractivity contribution is 5.78. The van der Waals surface area contributed by atoms with E-state index in [4.69, 9.17) is 4.74 Å². The second-order valence-corrected chi connectivity index (χ2v) is 7.94. The molecule has 0 spiro atoms. The normalized spacial score (nSPS) is 21.4. The average molecular weight is 360 g/mol. The summed E-state index contributed by atoms with van der Waals surface area (Å²) in [4.78, 5) is 15.1. The van der Waals surface area contributed by atoms with Gasteiger partial charge in [0.25, 0.3) is 0 Å². The second-order valence-electron chi connectivity index (χ2n) is 7.94. The van der Waals surface area contributed by atoms with Crippen molar-refractivity contribution in [3.63, 3.8) is 0 Å². The van der Waals surface area contributed by atoms with E-state index in [1.54, 1.807) is 7.11 Å². The van der Waals surface area contributed by atoms with E-state index in [0.29, 0.717) is 0 Å². The minimum Gasteiger partial charge on any atom is -0.384 e. The fourth-order valence-electron chi connectivity index (χ4n) is 4.25. The van der Waals surface area contributed by atoms with E-state index in [2.05, 4.69) is 45.9 Å². The van der Waals surface area contributed by atoms with Gasteiger partial charge in [0.1, 0.15) is 0 Å². The predicted octanol–water partition coefficient (Wildman–Crippen LogP) is 2.03. The van der Waals surface area contributed by atoms with E-state index in [9.17, 15) is 4.79 Å². The molecule has 3 rings (SSSR count). The van der Waals surface area contributed by atoms with Gasteiger partial charge >= 0.3 is 0 Å². The van der Waals surface area contributed by atoms with Crippen LogP contribution in [0.25, 0.3) is 0 Å². The summed E-state index contributed by atoms with van der Waals surface area (Å²) in [5, 5.41) is 6.65. The molecule has 2 N–H and O–H groups in total. The Morgan fingerprint density at radius 1 is 1.23 bits per heavy atom. The van der Waals surface area contributed by atoms with Crippen molar-refractivity contribution < 1.29 is 9.53 Å². The highest BCUT2D eigenvalue weighted by atomic mass is 16.5. The fourth-order valence-corrected chi connectivity index (χ4v) is 4.25. The summed E-state index contributed by atoms with van der Waals surface area (Å²) in [5.74, 6) is 0.390. The van der Waals surface area contributed by atoms with Gasteiger partial charge in [0.05, 0.1) is 6.61 Å². The molecule has 0 aromatic heterocycles. The molecule has 1 aromatic rings. The first kappa shape index (κ1) is 19.3. The lowest BCUT2D eigenvalue weighted by molar-refractivity contribution is -0.127. The molecule has 1 aromatic carbocycles. The maximum Gasteiger partial charge on any atom is 0.223 e. The number of ether oxygens (including phenoxy) is 1. The number of likely N-dealkylation sites (tertiary alicyclic amines) is 1. The van der Waals surface area contributed by atoms with Crippen LogP contribution in [0, 0.1) is 11.3 Å². The molecule has 2 heterocycles. The lowest BCUT2D eigenvalue weighted by atomic mass is 9.79. The van der Waals surface area contributed by atoms with Crippen molar-refractivity contribution in [2.75, 3.05) is 46.4 Å². The zero-order valence-electron chi connectivity index (χ0n) is 16.0. The summed E-state index contributed by atoms with van der Waals surface area (Å²) in [6, 6.07) is 10.6. The predicted molar refractivity (Wildman–Crippen MR) is 104 cm³/mol. The van der Waals surface area contributed by atoms with Crippen LogP contribution < -0.4 is 10.6 Å². The molecule has 0 unspecified atom stereocenters. The number of benzene rings is 1. The largest absolute Gasteiger partial charge is 0.384 e. The van der Waals surface area contributed by atoms with Gasteiger partial charge < -0.3 is 15.4 Å². The average Bonchev–Trinajstić information content (AvgIpc) is 2.69. The molecule has 0 bridgehead atoms. The van der Waals surface area contributed by atoms with Crippen LogP contribution >= 0.6 is 0 Å². The van der Waals surface area contributed by atoms with E-state index < -0.39 is 0 Å². The molecule has 5 nitrogen and oxygen atoms in total. The van der Waals surface area contributed by atoms with Crippen molar-refractivity contribution in [1.29, 1.82) is 0 Å². The molecule has 26 heavy (non-hydrogen) atoms. The van der Waals surface area contributed by atoms with E-state index in [-0.39, 0.29) is 17.2 Å². The second kappa shape index (κ2) is 9.49. The molecule has 5 heteroatoms. The SMILES string of the molecule is COCC1(CNC(=O)C2CCN(Cc3ccccc3)CC2)CCNCC1. The van der Waals surface area contributed by atoms with Crippen LogP contribution in [-0.4, -0.2) is 57.2 Å². The van der Waals surface area contributed by atoms with E-state index in [1.165, 1.54) is 5.56 Å². The smallest absolute Gasteiger partial charge is 0.223 e. The van der Waals surface area contributed by atoms with E-state index in [0.717, 1.165) is 71.6 Å². The van der Waals surface area contributed by atoms with Crippen molar-refractivity contribution in [1.82, 2.24) is 15.5 Å². The Hall–Kier alpha value is -1.43. The number of carbonyl (C=O) groups excluding carboxylic acids is 1. The molecular formula is C21H33N3O2. The highest BCUT2D eigenvalue weighted by Crippen LogP contribution is 2.28. The van der Waals surface area contributed by atoms with Crippen LogP contribution in [0.1, 0.15) is 31.2 Å². The van der Waals surface area contributed by atoms with E-state index in [1.807, 2.05) is 0 Å². The van der Waals surface area contributed by atoms with Crippen LogP contribution in [0.5, 0.6) is 0 Å². The van der Waals surface area contributed by atoms with Gasteiger partial charge in [-0.25, -0.2) is 0 Å². The van der Waals surface area contributed by atoms with Crippen LogP contribution in [-0.2, 0) is 16.1 Å². The molecule has 144 valence electrons. The van der Waals surface area contributed by atoms with Gasteiger partial charge in [-0.05, 0) is 57.4 Å². The number of hydrogen-bond donors (Lipinski definition) is 2. The molecule has 0 radical (unpaired) electrons. The van der Waals surface area contributed by atoms with Crippen molar-refractivity contribution >= 4 is 5.91 Å². The summed E-state index contributed by atoms with van der Waals surface area (Å²) in [6.07, 6.45) is 4.04. The maximum absolute atomic E-state index is 12.7. The number of carbonyl (C=O) groups is 1. The molecule has 1 amide bonds. The number of rotatable bonds is 7. The molecule has 2 saturated heterocycles. The monoisotopic (exact) mass is 359 g/mol. The summed E-state index contributed by atoms with van der Waals surface area (Å²) in [5.41, 5.74) is 1.45. The van der Waals surface area contributed by atoms with Gasteiger partial charge in [-0.1, -0.05) is 30.3 Å². The van der Waals surface area contributed by atoms with Crippen LogP contribution in [0.15, 0.2) is 30.3 Å². The van der Waals surface area contributed by atoms with Gasteiger partial charge in [0.15, 0.2) is 0 Å². The molecule has 0 aliphatic carbocycles. The summed E-state index contributed by atoms with van der Waals surface area (Å²) in [6.45, 7) is 6.48. The zero-order chi connectivity index (χ0) is 18.2. The molecule has 2 fully saturated rings. The van der Waals surface area contributed by atoms with Gasteiger partial charge in [-0.15, -0.1) is 0 Å². The molecule has 2 aliphatic heterocycles. The first-order valence-electron chi connectivity index (χ1n) is 9.94. The highest BCUT2D eigenvalue weighted by Gasteiger charge is 2.33.